The minimum atomic E-state index is -1.17. The average Bonchev–Trinajstić information content (AvgIpc) is 2.03. The molecule has 1 rings (SSSR count). The third kappa shape index (κ3) is 3.11. The Labute approximate surface area is 80.4 Å². The Morgan fingerprint density at radius 2 is 2.15 bits per heavy atom. The smallest absolute Gasteiger partial charge is 0.142 e. The number of hydrogen-bond donors (Lipinski definition) is 0. The van der Waals surface area contributed by atoms with Crippen molar-refractivity contribution in [1.29, 1.82) is 0 Å². The maximum absolute atomic E-state index is 11.5. The summed E-state index contributed by atoms with van der Waals surface area (Å²) in [5.74, 6) is 0.0727. The van der Waals surface area contributed by atoms with Crippen LogP contribution in [0.25, 0.3) is 0 Å². The molecule has 13 heavy (non-hydrogen) atoms. The van der Waals surface area contributed by atoms with E-state index in [1.54, 1.807) is 6.07 Å². The predicted molar refractivity (Wildman–Crippen MR) is 53.1 cm³/mol. The molecule has 0 fully saturated rings. The maximum Gasteiger partial charge on any atom is 0.142 e. The van der Waals surface area contributed by atoms with Gasteiger partial charge in [0, 0.05) is 4.90 Å². The molecule has 0 saturated heterocycles. The lowest BCUT2D eigenvalue weighted by atomic mass is 10.2. The van der Waals surface area contributed by atoms with E-state index in [0.29, 0.717) is 0 Å². The van der Waals surface area contributed by atoms with E-state index in [4.69, 9.17) is 0 Å². The molecule has 0 spiro atoms. The van der Waals surface area contributed by atoms with Crippen molar-refractivity contribution in [3.05, 3.63) is 29.8 Å². The summed E-state index contributed by atoms with van der Waals surface area (Å²) in [5.41, 5.74) is 1.06. The Hall–Kier alpha value is -0.960. The molecule has 2 nitrogen and oxygen atoms in total. The topological polar surface area (TPSA) is 34.1 Å². The minimum Gasteiger partial charge on any atom is -0.299 e. The van der Waals surface area contributed by atoms with Crippen LogP contribution in [0.1, 0.15) is 12.5 Å². The van der Waals surface area contributed by atoms with E-state index in [1.165, 1.54) is 6.92 Å². The van der Waals surface area contributed by atoms with Gasteiger partial charge in [-0.2, -0.15) is 0 Å². The van der Waals surface area contributed by atoms with Crippen LogP contribution in [-0.2, 0) is 15.6 Å². The van der Waals surface area contributed by atoms with E-state index in [2.05, 4.69) is 0 Å². The van der Waals surface area contributed by atoms with Crippen molar-refractivity contribution in [1.82, 2.24) is 0 Å². The Balaban J connectivity index is 2.83. The molecule has 0 aromatic heterocycles. The molecule has 70 valence electrons. The van der Waals surface area contributed by atoms with Gasteiger partial charge in [0.2, 0.25) is 0 Å². The van der Waals surface area contributed by atoms with Crippen molar-refractivity contribution in [2.24, 2.45) is 0 Å². The standard InChI is InChI=1S/C10H12O2S/c1-8-4-3-5-10(6-8)13(12)7-9(2)11/h3-6H,7H2,1-2H3. The van der Waals surface area contributed by atoms with E-state index in [9.17, 15) is 9.00 Å². The molecule has 0 aliphatic rings. The molecule has 0 aliphatic carbocycles. The fourth-order valence-corrected chi connectivity index (χ4v) is 2.11. The fraction of sp³-hybridized carbons (Fsp3) is 0.300. The van der Waals surface area contributed by atoms with Crippen molar-refractivity contribution < 1.29 is 9.00 Å². The summed E-state index contributed by atoms with van der Waals surface area (Å²) in [5, 5.41) is 0. The van der Waals surface area contributed by atoms with E-state index < -0.39 is 10.8 Å². The van der Waals surface area contributed by atoms with Crippen LogP contribution in [0.2, 0.25) is 0 Å². The van der Waals surface area contributed by atoms with E-state index in [-0.39, 0.29) is 11.5 Å². The second-order valence-corrected chi connectivity index (χ2v) is 4.46. The number of carbonyl (C=O) groups excluding carboxylic acids is 1. The lowest BCUT2D eigenvalue weighted by Crippen LogP contribution is -2.06. The van der Waals surface area contributed by atoms with Crippen LogP contribution in [0, 0.1) is 6.92 Å². The molecule has 0 radical (unpaired) electrons. The van der Waals surface area contributed by atoms with Crippen LogP contribution in [-0.4, -0.2) is 15.7 Å². The average molecular weight is 196 g/mol. The molecule has 0 aliphatic heterocycles. The van der Waals surface area contributed by atoms with Crippen LogP contribution in [0.3, 0.4) is 0 Å². The zero-order chi connectivity index (χ0) is 9.84. The van der Waals surface area contributed by atoms with Crippen LogP contribution >= 0.6 is 0 Å². The summed E-state index contributed by atoms with van der Waals surface area (Å²) in [6.45, 7) is 3.39. The molecular formula is C10H12O2S. The molecule has 1 unspecified atom stereocenters. The van der Waals surface area contributed by atoms with Gasteiger partial charge in [-0.15, -0.1) is 0 Å². The highest BCUT2D eigenvalue weighted by Gasteiger charge is 2.05. The van der Waals surface area contributed by atoms with Gasteiger partial charge in [0.15, 0.2) is 0 Å². The first-order valence-corrected chi connectivity index (χ1v) is 5.36. The third-order valence-electron chi connectivity index (χ3n) is 1.59. The van der Waals surface area contributed by atoms with Crippen molar-refractivity contribution in [2.75, 3.05) is 5.75 Å². The summed E-state index contributed by atoms with van der Waals surface area (Å²) < 4.78 is 11.5. The number of hydrogen-bond acceptors (Lipinski definition) is 2. The lowest BCUT2D eigenvalue weighted by molar-refractivity contribution is -0.114. The van der Waals surface area contributed by atoms with Gasteiger partial charge in [0.25, 0.3) is 0 Å². The monoisotopic (exact) mass is 196 g/mol. The molecule has 1 atom stereocenters. The summed E-state index contributed by atoms with van der Waals surface area (Å²) in [4.78, 5) is 11.5. The summed E-state index contributed by atoms with van der Waals surface area (Å²) in [6.07, 6.45) is 0. The molecular weight excluding hydrogens is 184 g/mol. The second-order valence-electron chi connectivity index (χ2n) is 3.01. The van der Waals surface area contributed by atoms with Gasteiger partial charge < -0.3 is 0 Å². The van der Waals surface area contributed by atoms with Gasteiger partial charge in [-0.3, -0.25) is 9.00 Å². The number of ketones is 1. The highest BCUT2D eigenvalue weighted by atomic mass is 32.2. The van der Waals surface area contributed by atoms with Gasteiger partial charge in [-0.05, 0) is 31.5 Å². The highest BCUT2D eigenvalue weighted by Crippen LogP contribution is 2.08. The molecule has 3 heteroatoms. The minimum absolute atomic E-state index is 0.0418. The van der Waals surface area contributed by atoms with Crippen molar-refractivity contribution in [3.8, 4) is 0 Å². The van der Waals surface area contributed by atoms with Gasteiger partial charge in [0.1, 0.15) is 5.78 Å². The third-order valence-corrected chi connectivity index (χ3v) is 3.04. The summed E-state index contributed by atoms with van der Waals surface area (Å²) >= 11 is 0. The first-order valence-electron chi connectivity index (χ1n) is 4.04. The zero-order valence-corrected chi connectivity index (χ0v) is 8.56. The lowest BCUT2D eigenvalue weighted by Gasteiger charge is -2.00. The number of carbonyl (C=O) groups is 1. The molecule has 1 aromatic carbocycles. The van der Waals surface area contributed by atoms with Crippen molar-refractivity contribution in [3.63, 3.8) is 0 Å². The fourth-order valence-electron chi connectivity index (χ4n) is 1.02. The first kappa shape index (κ1) is 10.1. The first-order chi connectivity index (χ1) is 6.09. The molecule has 0 heterocycles. The van der Waals surface area contributed by atoms with Crippen LogP contribution in [0.4, 0.5) is 0 Å². The predicted octanol–water partition coefficient (Wildman–Crippen LogP) is 1.69. The van der Waals surface area contributed by atoms with Crippen LogP contribution in [0.15, 0.2) is 29.2 Å². The maximum atomic E-state index is 11.5. The Morgan fingerprint density at radius 1 is 1.46 bits per heavy atom. The number of benzene rings is 1. The molecule has 1 aromatic rings. The van der Waals surface area contributed by atoms with Crippen LogP contribution in [0.5, 0.6) is 0 Å². The van der Waals surface area contributed by atoms with E-state index in [0.717, 1.165) is 10.5 Å². The van der Waals surface area contributed by atoms with Gasteiger partial charge in [-0.1, -0.05) is 12.1 Å². The zero-order valence-electron chi connectivity index (χ0n) is 7.74. The quantitative estimate of drug-likeness (QED) is 0.737. The van der Waals surface area contributed by atoms with E-state index >= 15 is 0 Å². The van der Waals surface area contributed by atoms with Gasteiger partial charge in [0.05, 0.1) is 16.6 Å². The van der Waals surface area contributed by atoms with E-state index in [1.807, 2.05) is 25.1 Å². The summed E-state index contributed by atoms with van der Waals surface area (Å²) in [7, 11) is -1.17. The number of Topliss-reactive ketones (excluding diaryl/α,β-unsaturated/α-hetero) is 1. The van der Waals surface area contributed by atoms with Crippen molar-refractivity contribution >= 4 is 16.6 Å². The largest absolute Gasteiger partial charge is 0.299 e. The molecule has 0 N–H and O–H groups in total. The van der Waals surface area contributed by atoms with Crippen LogP contribution < -0.4 is 0 Å². The normalized spacial score (nSPS) is 12.5. The summed E-state index contributed by atoms with van der Waals surface area (Å²) in [6, 6.07) is 7.42. The molecule has 0 saturated carbocycles. The van der Waals surface area contributed by atoms with Gasteiger partial charge in [-0.25, -0.2) is 0 Å². The Kier molecular flexibility index (Phi) is 3.37. The second kappa shape index (κ2) is 4.33. The van der Waals surface area contributed by atoms with Gasteiger partial charge >= 0.3 is 0 Å². The Morgan fingerprint density at radius 3 is 2.69 bits per heavy atom. The highest BCUT2D eigenvalue weighted by molar-refractivity contribution is 7.85. The molecule has 0 amide bonds. The Bertz CT molecular complexity index is 345. The number of aryl methyl sites for hydroxylation is 1. The number of rotatable bonds is 3. The SMILES string of the molecule is CC(=O)CS(=O)c1cccc(C)c1. The molecule has 0 bridgehead atoms. The van der Waals surface area contributed by atoms with Crippen molar-refractivity contribution in [2.45, 2.75) is 18.7 Å².